The molecule has 0 saturated carbocycles. The summed E-state index contributed by atoms with van der Waals surface area (Å²) in [7, 11) is 0. The van der Waals surface area contributed by atoms with Crippen molar-refractivity contribution in [1.82, 2.24) is 0 Å². The number of hydrogen-bond acceptors (Lipinski definition) is 2. The Hall–Kier alpha value is -1.72. The van der Waals surface area contributed by atoms with Crippen LogP contribution in [0.5, 0.6) is 0 Å². The van der Waals surface area contributed by atoms with Gasteiger partial charge in [0, 0.05) is 4.47 Å². The van der Waals surface area contributed by atoms with Crippen molar-refractivity contribution < 1.29 is 14.0 Å². The third-order valence-corrected chi connectivity index (χ3v) is 4.09. The van der Waals surface area contributed by atoms with E-state index in [4.69, 9.17) is 11.6 Å². The molecule has 0 aliphatic carbocycles. The van der Waals surface area contributed by atoms with Gasteiger partial charge in [0.05, 0.1) is 22.8 Å². The van der Waals surface area contributed by atoms with Crippen LogP contribution < -0.4 is 4.90 Å². The van der Waals surface area contributed by atoms with E-state index >= 15 is 0 Å². The second kappa shape index (κ2) is 5.24. The van der Waals surface area contributed by atoms with Crippen LogP contribution in [0.4, 0.5) is 10.1 Å². The highest BCUT2D eigenvalue weighted by atomic mass is 79.9. The van der Waals surface area contributed by atoms with Gasteiger partial charge < -0.3 is 4.90 Å². The molecule has 3 rings (SSSR count). The molecular weight excluding hydrogens is 361 g/mol. The molecular formula is C15H8BrClFNO2. The van der Waals surface area contributed by atoms with E-state index in [2.05, 4.69) is 15.9 Å². The maximum absolute atomic E-state index is 13.6. The van der Waals surface area contributed by atoms with Gasteiger partial charge in [0.25, 0.3) is 11.7 Å². The fourth-order valence-electron chi connectivity index (χ4n) is 2.22. The molecule has 0 spiro atoms. The number of ketones is 1. The van der Waals surface area contributed by atoms with Crippen molar-refractivity contribution in [2.75, 3.05) is 4.90 Å². The Bertz CT molecular complexity index is 761. The fraction of sp³-hybridized carbons (Fsp3) is 0.0667. The van der Waals surface area contributed by atoms with Gasteiger partial charge in [-0.3, -0.25) is 9.59 Å². The van der Waals surface area contributed by atoms with E-state index in [9.17, 15) is 14.0 Å². The number of carbonyl (C=O) groups is 2. The Balaban J connectivity index is 2.01. The molecule has 0 saturated heterocycles. The minimum atomic E-state index is -0.672. The highest BCUT2D eigenvalue weighted by Gasteiger charge is 2.36. The summed E-state index contributed by atoms with van der Waals surface area (Å²) in [5.41, 5.74) is 1.24. The van der Waals surface area contributed by atoms with Crippen LogP contribution in [0.1, 0.15) is 15.9 Å². The van der Waals surface area contributed by atoms with Crippen LogP contribution >= 0.6 is 27.5 Å². The number of benzene rings is 2. The van der Waals surface area contributed by atoms with Crippen LogP contribution in [0.15, 0.2) is 40.9 Å². The molecule has 1 amide bonds. The van der Waals surface area contributed by atoms with Gasteiger partial charge in [-0.05, 0) is 29.8 Å². The van der Waals surface area contributed by atoms with Crippen molar-refractivity contribution in [2.45, 2.75) is 6.54 Å². The summed E-state index contributed by atoms with van der Waals surface area (Å²) in [4.78, 5) is 25.3. The molecule has 3 nitrogen and oxygen atoms in total. The minimum absolute atomic E-state index is 0.142. The van der Waals surface area contributed by atoms with Gasteiger partial charge in [0.2, 0.25) is 0 Å². The highest BCUT2D eigenvalue weighted by Crippen LogP contribution is 2.34. The van der Waals surface area contributed by atoms with Crippen molar-refractivity contribution in [3.05, 3.63) is 62.8 Å². The van der Waals surface area contributed by atoms with Crippen LogP contribution in [-0.4, -0.2) is 11.7 Å². The molecule has 0 unspecified atom stereocenters. The topological polar surface area (TPSA) is 37.4 Å². The van der Waals surface area contributed by atoms with E-state index in [0.717, 1.165) is 16.1 Å². The Morgan fingerprint density at radius 2 is 1.81 bits per heavy atom. The average Bonchev–Trinajstić information content (AvgIpc) is 2.67. The summed E-state index contributed by atoms with van der Waals surface area (Å²) in [5, 5.41) is -0.166. The fourth-order valence-corrected chi connectivity index (χ4v) is 2.65. The van der Waals surface area contributed by atoms with Gasteiger partial charge >= 0.3 is 0 Å². The first-order chi connectivity index (χ1) is 9.97. The SMILES string of the molecule is O=C1C(=O)N(Cc2ccc(Br)cc2)c2cc(F)c(Cl)cc21. The lowest BCUT2D eigenvalue weighted by Crippen LogP contribution is -2.29. The third kappa shape index (κ3) is 2.47. The van der Waals surface area contributed by atoms with E-state index in [1.54, 1.807) is 0 Å². The number of fused-ring (bicyclic) bond motifs is 1. The van der Waals surface area contributed by atoms with Crippen molar-refractivity contribution in [3.8, 4) is 0 Å². The predicted octanol–water partition coefficient (Wildman–Crippen LogP) is 3.97. The first-order valence-corrected chi connectivity index (χ1v) is 7.24. The molecule has 0 fully saturated rings. The third-order valence-electron chi connectivity index (χ3n) is 3.27. The first kappa shape index (κ1) is 14.2. The zero-order valence-corrected chi connectivity index (χ0v) is 12.9. The summed E-state index contributed by atoms with van der Waals surface area (Å²) in [6.45, 7) is 0.200. The molecule has 1 heterocycles. The lowest BCUT2D eigenvalue weighted by atomic mass is 10.1. The first-order valence-electron chi connectivity index (χ1n) is 6.07. The van der Waals surface area contributed by atoms with Gasteiger partial charge in [0.1, 0.15) is 5.82 Å². The van der Waals surface area contributed by atoms with Crippen LogP contribution in [0.3, 0.4) is 0 Å². The number of carbonyl (C=O) groups excluding carboxylic acids is 2. The van der Waals surface area contributed by atoms with Gasteiger partial charge in [-0.2, -0.15) is 0 Å². The number of amides is 1. The molecule has 106 valence electrons. The predicted molar refractivity (Wildman–Crippen MR) is 81.1 cm³/mol. The number of Topliss-reactive ketones (excluding diaryl/α,β-unsaturated/α-hetero) is 1. The molecule has 0 aromatic heterocycles. The molecule has 0 bridgehead atoms. The number of nitrogens with zero attached hydrogens (tertiary/aromatic N) is 1. The van der Waals surface area contributed by atoms with E-state index in [0.29, 0.717) is 0 Å². The smallest absolute Gasteiger partial charge is 0.299 e. The monoisotopic (exact) mass is 367 g/mol. The zero-order chi connectivity index (χ0) is 15.1. The largest absolute Gasteiger partial charge is 0.300 e. The second-order valence-corrected chi connectivity index (χ2v) is 5.95. The minimum Gasteiger partial charge on any atom is -0.300 e. The molecule has 0 radical (unpaired) electrons. The standard InChI is InChI=1S/C15H8BrClFNO2/c16-9-3-1-8(2-4-9)7-19-13-6-12(18)11(17)5-10(13)14(20)15(19)21/h1-6H,7H2. The Labute approximate surface area is 133 Å². The Morgan fingerprint density at radius 1 is 1.14 bits per heavy atom. The van der Waals surface area contributed by atoms with E-state index in [-0.39, 0.29) is 22.8 Å². The number of hydrogen-bond donors (Lipinski definition) is 0. The van der Waals surface area contributed by atoms with E-state index in [1.807, 2.05) is 24.3 Å². The number of rotatable bonds is 2. The molecule has 21 heavy (non-hydrogen) atoms. The molecule has 2 aromatic rings. The van der Waals surface area contributed by atoms with Crippen molar-refractivity contribution in [1.29, 1.82) is 0 Å². The lowest BCUT2D eigenvalue weighted by molar-refractivity contribution is -0.114. The summed E-state index contributed by atoms with van der Waals surface area (Å²) < 4.78 is 14.5. The van der Waals surface area contributed by atoms with E-state index < -0.39 is 17.5 Å². The zero-order valence-electron chi connectivity index (χ0n) is 10.6. The number of anilines is 1. The Kier molecular flexibility index (Phi) is 3.55. The Morgan fingerprint density at radius 3 is 2.48 bits per heavy atom. The molecule has 6 heteroatoms. The molecule has 0 atom stereocenters. The van der Waals surface area contributed by atoms with Gasteiger partial charge in [0.15, 0.2) is 0 Å². The maximum Gasteiger partial charge on any atom is 0.299 e. The summed E-state index contributed by atoms with van der Waals surface area (Å²) in [6.07, 6.45) is 0. The second-order valence-electron chi connectivity index (χ2n) is 4.63. The van der Waals surface area contributed by atoms with Gasteiger partial charge in [-0.15, -0.1) is 0 Å². The quantitative estimate of drug-likeness (QED) is 0.752. The summed E-state index contributed by atoms with van der Waals surface area (Å²) in [6, 6.07) is 9.65. The van der Waals surface area contributed by atoms with E-state index in [1.165, 1.54) is 11.0 Å². The molecule has 2 aromatic carbocycles. The normalized spacial score (nSPS) is 13.8. The van der Waals surface area contributed by atoms with Crippen LogP contribution in [0.25, 0.3) is 0 Å². The lowest BCUT2D eigenvalue weighted by Gasteiger charge is -2.16. The van der Waals surface area contributed by atoms with Crippen molar-refractivity contribution >= 4 is 44.9 Å². The van der Waals surface area contributed by atoms with Crippen LogP contribution in [0.2, 0.25) is 5.02 Å². The molecule has 1 aliphatic rings. The van der Waals surface area contributed by atoms with Gasteiger partial charge in [-0.1, -0.05) is 39.7 Å². The van der Waals surface area contributed by atoms with Crippen LogP contribution in [-0.2, 0) is 11.3 Å². The van der Waals surface area contributed by atoms with Crippen molar-refractivity contribution in [3.63, 3.8) is 0 Å². The van der Waals surface area contributed by atoms with Gasteiger partial charge in [-0.25, -0.2) is 4.39 Å². The maximum atomic E-state index is 13.6. The molecule has 1 aliphatic heterocycles. The van der Waals surface area contributed by atoms with Crippen molar-refractivity contribution in [2.24, 2.45) is 0 Å². The number of halogens is 3. The molecule has 0 N–H and O–H groups in total. The highest BCUT2D eigenvalue weighted by molar-refractivity contribution is 9.10. The summed E-state index contributed by atoms with van der Waals surface area (Å²) in [5.74, 6) is -1.99. The average molecular weight is 369 g/mol. The van der Waals surface area contributed by atoms with Crippen LogP contribution in [0, 0.1) is 5.82 Å². The summed E-state index contributed by atoms with van der Waals surface area (Å²) >= 11 is 8.99.